The molecular weight excluding hydrogens is 417 g/mol. The summed E-state index contributed by atoms with van der Waals surface area (Å²) in [5.41, 5.74) is 1.37. The van der Waals surface area contributed by atoms with E-state index < -0.39 is 11.9 Å². The minimum atomic E-state index is -0.796. The van der Waals surface area contributed by atoms with Crippen molar-refractivity contribution in [3.63, 3.8) is 0 Å². The highest BCUT2D eigenvalue weighted by Crippen LogP contribution is 2.43. The van der Waals surface area contributed by atoms with Crippen LogP contribution < -0.4 is 10.3 Å². The monoisotopic (exact) mass is 429 g/mol. The molecule has 6 rings (SSSR count). The van der Waals surface area contributed by atoms with Gasteiger partial charge in [-0.2, -0.15) is 0 Å². The molecule has 6 nitrogen and oxygen atoms in total. The maximum absolute atomic E-state index is 13.7. The summed E-state index contributed by atoms with van der Waals surface area (Å²) in [6, 6.07) is 15.6. The third kappa shape index (κ3) is 2.62. The molecule has 0 radical (unpaired) electrons. The van der Waals surface area contributed by atoms with Crippen molar-refractivity contribution in [2.45, 2.75) is 6.04 Å². The van der Waals surface area contributed by atoms with Crippen molar-refractivity contribution in [3.8, 4) is 0 Å². The molecule has 5 aromatic rings. The number of hydrogen-bond donors (Lipinski definition) is 0. The first-order valence-corrected chi connectivity index (χ1v) is 10.3. The Bertz CT molecular complexity index is 1560. The third-order valence-corrected chi connectivity index (χ3v) is 6.31. The first-order chi connectivity index (χ1) is 15.1. The van der Waals surface area contributed by atoms with Gasteiger partial charge in [0.15, 0.2) is 10.6 Å². The van der Waals surface area contributed by atoms with Gasteiger partial charge in [-0.25, -0.2) is 9.37 Å². The van der Waals surface area contributed by atoms with Gasteiger partial charge in [0.05, 0.1) is 26.9 Å². The number of amides is 1. The number of aromatic nitrogens is 2. The normalized spacial score (nSPS) is 15.7. The van der Waals surface area contributed by atoms with E-state index in [1.165, 1.54) is 28.4 Å². The van der Waals surface area contributed by atoms with Gasteiger partial charge in [-0.15, -0.1) is 0 Å². The Morgan fingerprint density at radius 1 is 1.03 bits per heavy atom. The van der Waals surface area contributed by atoms with Crippen LogP contribution in [-0.2, 0) is 0 Å². The maximum atomic E-state index is 13.7. The largest absolute Gasteiger partial charge is 0.450 e. The number of rotatable bonds is 2. The molecule has 3 aromatic heterocycles. The summed E-state index contributed by atoms with van der Waals surface area (Å²) in [4.78, 5) is 37.2. The summed E-state index contributed by atoms with van der Waals surface area (Å²) in [6.07, 6.45) is 1.60. The number of nitrogens with zero attached hydrogens (tertiary/aromatic N) is 3. The van der Waals surface area contributed by atoms with Gasteiger partial charge in [-0.05, 0) is 42.5 Å². The van der Waals surface area contributed by atoms with E-state index in [4.69, 9.17) is 4.42 Å². The highest BCUT2D eigenvalue weighted by atomic mass is 32.1. The van der Waals surface area contributed by atoms with Crippen molar-refractivity contribution in [2.24, 2.45) is 0 Å². The number of fused-ring (bicyclic) bond motifs is 3. The molecule has 2 aromatic carbocycles. The number of hydrogen-bond acceptors (Lipinski definition) is 6. The van der Waals surface area contributed by atoms with E-state index in [0.29, 0.717) is 32.0 Å². The zero-order chi connectivity index (χ0) is 21.1. The lowest BCUT2D eigenvalue weighted by Crippen LogP contribution is -2.29. The van der Waals surface area contributed by atoms with Gasteiger partial charge in [0, 0.05) is 6.20 Å². The molecule has 0 N–H and O–H groups in total. The molecule has 1 aliphatic rings. The van der Waals surface area contributed by atoms with Crippen LogP contribution in [0.3, 0.4) is 0 Å². The standard InChI is InChI=1S/C23H12FN3O3S/c24-12-8-9-14-17(11-12)31-23(26-14)27-19(15-6-3-4-10-25-15)18-20(28)13-5-1-2-7-16(13)30-21(18)22(27)29/h1-11,19H/t19-/m0/s1. The first kappa shape index (κ1) is 17.9. The fraction of sp³-hybridized carbons (Fsp3) is 0.0435. The Balaban J connectivity index is 1.64. The van der Waals surface area contributed by atoms with E-state index in [2.05, 4.69) is 9.97 Å². The Morgan fingerprint density at radius 3 is 2.71 bits per heavy atom. The number of halogens is 1. The van der Waals surface area contributed by atoms with Gasteiger partial charge < -0.3 is 4.42 Å². The molecule has 0 aliphatic carbocycles. The molecule has 8 heteroatoms. The molecule has 4 heterocycles. The lowest BCUT2D eigenvalue weighted by molar-refractivity contribution is 0.0970. The highest BCUT2D eigenvalue weighted by Gasteiger charge is 2.45. The Labute approximate surface area is 178 Å². The molecule has 0 bridgehead atoms. The van der Waals surface area contributed by atoms with Crippen molar-refractivity contribution >= 4 is 43.6 Å². The molecule has 31 heavy (non-hydrogen) atoms. The lowest BCUT2D eigenvalue weighted by atomic mass is 10.0. The van der Waals surface area contributed by atoms with Gasteiger partial charge >= 0.3 is 0 Å². The summed E-state index contributed by atoms with van der Waals surface area (Å²) in [5, 5.41) is 0.735. The number of thiazole rings is 1. The summed E-state index contributed by atoms with van der Waals surface area (Å²) in [6.45, 7) is 0. The Morgan fingerprint density at radius 2 is 1.87 bits per heavy atom. The van der Waals surface area contributed by atoms with Crippen LogP contribution in [0.1, 0.15) is 27.9 Å². The highest BCUT2D eigenvalue weighted by molar-refractivity contribution is 7.22. The van der Waals surface area contributed by atoms with E-state index in [1.807, 2.05) is 0 Å². The average molecular weight is 429 g/mol. The zero-order valence-corrected chi connectivity index (χ0v) is 16.6. The number of carbonyl (C=O) groups is 1. The number of anilines is 1. The molecule has 1 atom stereocenters. The van der Waals surface area contributed by atoms with Crippen molar-refractivity contribution in [1.29, 1.82) is 0 Å². The SMILES string of the molecule is O=C1c2oc3ccccc3c(=O)c2[C@H](c2ccccn2)N1c1nc2ccc(F)cc2s1. The summed E-state index contributed by atoms with van der Waals surface area (Å²) in [7, 11) is 0. The molecular formula is C23H12FN3O3S. The second-order valence-corrected chi connectivity index (χ2v) is 8.12. The van der Waals surface area contributed by atoms with Crippen LogP contribution in [0.15, 0.2) is 76.1 Å². The van der Waals surface area contributed by atoms with Crippen molar-refractivity contribution in [1.82, 2.24) is 9.97 Å². The van der Waals surface area contributed by atoms with Gasteiger partial charge in [0.2, 0.25) is 5.76 Å². The Kier molecular flexibility index (Phi) is 3.78. The lowest BCUT2D eigenvalue weighted by Gasteiger charge is -2.21. The van der Waals surface area contributed by atoms with E-state index in [0.717, 1.165) is 0 Å². The average Bonchev–Trinajstić information content (AvgIpc) is 3.33. The minimum Gasteiger partial charge on any atom is -0.450 e. The van der Waals surface area contributed by atoms with Gasteiger partial charge in [-0.3, -0.25) is 19.5 Å². The quantitative estimate of drug-likeness (QED) is 0.407. The fourth-order valence-electron chi connectivity index (χ4n) is 3.92. The number of benzene rings is 2. The van der Waals surface area contributed by atoms with Gasteiger partial charge in [-0.1, -0.05) is 29.5 Å². The maximum Gasteiger partial charge on any atom is 0.297 e. The molecule has 0 saturated heterocycles. The predicted octanol–water partition coefficient (Wildman–Crippen LogP) is 4.69. The minimum absolute atomic E-state index is 0.0233. The first-order valence-electron chi connectivity index (χ1n) is 9.48. The van der Waals surface area contributed by atoms with Crippen LogP contribution >= 0.6 is 11.3 Å². The second kappa shape index (κ2) is 6.55. The van der Waals surface area contributed by atoms with Crippen LogP contribution in [0, 0.1) is 5.82 Å². The van der Waals surface area contributed by atoms with E-state index in [1.54, 1.807) is 54.7 Å². The fourth-order valence-corrected chi connectivity index (χ4v) is 4.94. The number of pyridine rings is 1. The van der Waals surface area contributed by atoms with Crippen molar-refractivity contribution < 1.29 is 13.6 Å². The van der Waals surface area contributed by atoms with Crippen LogP contribution in [-0.4, -0.2) is 15.9 Å². The van der Waals surface area contributed by atoms with Gasteiger partial charge in [0.1, 0.15) is 17.4 Å². The van der Waals surface area contributed by atoms with E-state index in [9.17, 15) is 14.0 Å². The summed E-state index contributed by atoms with van der Waals surface area (Å²) >= 11 is 1.17. The topological polar surface area (TPSA) is 76.3 Å². The molecule has 1 amide bonds. The predicted molar refractivity (Wildman–Crippen MR) is 115 cm³/mol. The van der Waals surface area contributed by atoms with E-state index >= 15 is 0 Å². The molecule has 0 unspecified atom stereocenters. The zero-order valence-electron chi connectivity index (χ0n) is 15.8. The van der Waals surface area contributed by atoms with Crippen LogP contribution in [0.5, 0.6) is 0 Å². The van der Waals surface area contributed by atoms with Crippen molar-refractivity contribution in [2.75, 3.05) is 4.90 Å². The summed E-state index contributed by atoms with van der Waals surface area (Å²) < 4.78 is 20.2. The van der Waals surface area contributed by atoms with Crippen LogP contribution in [0.2, 0.25) is 0 Å². The number of carbonyl (C=O) groups excluding carboxylic acids is 1. The van der Waals surface area contributed by atoms with E-state index in [-0.39, 0.29) is 22.6 Å². The smallest absolute Gasteiger partial charge is 0.297 e. The molecule has 0 saturated carbocycles. The van der Waals surface area contributed by atoms with Gasteiger partial charge in [0.25, 0.3) is 5.91 Å². The van der Waals surface area contributed by atoms with Crippen LogP contribution in [0.25, 0.3) is 21.2 Å². The number of para-hydroxylation sites is 1. The summed E-state index contributed by atoms with van der Waals surface area (Å²) in [5.74, 6) is -0.888. The molecule has 0 spiro atoms. The molecule has 150 valence electrons. The molecule has 1 aliphatic heterocycles. The van der Waals surface area contributed by atoms with Crippen LogP contribution in [0.4, 0.5) is 9.52 Å². The molecule has 0 fully saturated rings. The Hall–Kier alpha value is -3.91. The second-order valence-electron chi connectivity index (χ2n) is 7.11. The van der Waals surface area contributed by atoms with Crippen molar-refractivity contribution in [3.05, 3.63) is 99.9 Å². The third-order valence-electron chi connectivity index (χ3n) is 5.29.